The van der Waals surface area contributed by atoms with Crippen molar-refractivity contribution in [3.05, 3.63) is 55.9 Å². The van der Waals surface area contributed by atoms with Gasteiger partial charge in [0, 0.05) is 15.7 Å². The quantitative estimate of drug-likeness (QED) is 0.921. The van der Waals surface area contributed by atoms with Gasteiger partial charge in [-0.1, -0.05) is 28.9 Å². The summed E-state index contributed by atoms with van der Waals surface area (Å²) in [4.78, 5) is 14.5. The number of nitrogens with one attached hydrogen (secondary N) is 1. The molecule has 0 saturated heterocycles. The van der Waals surface area contributed by atoms with Crippen molar-refractivity contribution < 1.29 is 0 Å². The summed E-state index contributed by atoms with van der Waals surface area (Å²) in [5.41, 5.74) is 3.33. The van der Waals surface area contributed by atoms with E-state index in [0.29, 0.717) is 5.56 Å². The Balaban J connectivity index is 2.82. The number of rotatable bonds is 2. The lowest BCUT2D eigenvalue weighted by Crippen LogP contribution is -2.13. The molecule has 1 N–H and O–H groups in total. The zero-order valence-electron chi connectivity index (χ0n) is 10.7. The first kappa shape index (κ1) is 13.6. The molecule has 1 aromatic heterocycles. The Bertz CT molecular complexity index is 726. The number of halogens is 1. The molecule has 1 heterocycles. The second kappa shape index (κ2) is 5.41. The number of hydrogen-bond acceptors (Lipinski definition) is 2. The van der Waals surface area contributed by atoms with Crippen molar-refractivity contribution in [2.45, 2.75) is 20.3 Å². The van der Waals surface area contributed by atoms with Crippen molar-refractivity contribution in [2.24, 2.45) is 0 Å². The second-order valence-electron chi connectivity index (χ2n) is 4.34. The zero-order chi connectivity index (χ0) is 14.0. The van der Waals surface area contributed by atoms with E-state index in [2.05, 4.69) is 27.8 Å². The monoisotopic (exact) mass is 316 g/mol. The molecular weight excluding hydrogens is 304 g/mol. The van der Waals surface area contributed by atoms with E-state index >= 15 is 0 Å². The van der Waals surface area contributed by atoms with Crippen LogP contribution < -0.4 is 5.56 Å². The number of hydrogen-bond donors (Lipinski definition) is 1. The van der Waals surface area contributed by atoms with E-state index in [1.807, 2.05) is 37.3 Å². The van der Waals surface area contributed by atoms with Crippen LogP contribution in [0.4, 0.5) is 0 Å². The lowest BCUT2D eigenvalue weighted by molar-refractivity contribution is 1.11. The van der Waals surface area contributed by atoms with Crippen molar-refractivity contribution in [3.63, 3.8) is 0 Å². The van der Waals surface area contributed by atoms with Crippen LogP contribution in [0.5, 0.6) is 0 Å². The summed E-state index contributed by atoms with van der Waals surface area (Å²) in [5.74, 6) is 0. The van der Waals surface area contributed by atoms with Crippen LogP contribution in [0.2, 0.25) is 0 Å². The van der Waals surface area contributed by atoms with E-state index in [0.717, 1.165) is 27.7 Å². The molecule has 1 aromatic carbocycles. The van der Waals surface area contributed by atoms with Gasteiger partial charge in [-0.15, -0.1) is 0 Å². The summed E-state index contributed by atoms with van der Waals surface area (Å²) in [5, 5.41) is 9.20. The summed E-state index contributed by atoms with van der Waals surface area (Å²) in [6.45, 7) is 3.87. The maximum Gasteiger partial charge on any atom is 0.266 e. The van der Waals surface area contributed by atoms with Gasteiger partial charge in [0.15, 0.2) is 0 Å². The first-order valence-corrected chi connectivity index (χ1v) is 6.79. The normalized spacial score (nSPS) is 10.2. The highest BCUT2D eigenvalue weighted by Gasteiger charge is 2.13. The maximum absolute atomic E-state index is 11.9. The molecule has 0 bridgehead atoms. The van der Waals surface area contributed by atoms with Gasteiger partial charge in [0.1, 0.15) is 11.6 Å². The third-order valence-electron chi connectivity index (χ3n) is 3.02. The minimum atomic E-state index is -0.334. The molecular formula is C15H13BrN2O. The minimum absolute atomic E-state index is 0.165. The predicted octanol–water partition coefficient (Wildman–Crippen LogP) is 3.55. The minimum Gasteiger partial charge on any atom is -0.325 e. The third kappa shape index (κ3) is 2.61. The SMILES string of the molecule is CCc1ccc(Br)cc1-c1cc(C)[nH]c(=O)c1C#N. The second-order valence-corrected chi connectivity index (χ2v) is 5.25. The predicted molar refractivity (Wildman–Crippen MR) is 79.0 cm³/mol. The number of nitrogens with zero attached hydrogens (tertiary/aromatic N) is 1. The highest BCUT2D eigenvalue weighted by Crippen LogP contribution is 2.29. The van der Waals surface area contributed by atoms with Gasteiger partial charge in [-0.25, -0.2) is 0 Å². The van der Waals surface area contributed by atoms with Gasteiger partial charge < -0.3 is 4.98 Å². The Hall–Kier alpha value is -1.86. The molecule has 0 radical (unpaired) electrons. The number of pyridine rings is 1. The molecule has 0 unspecified atom stereocenters. The van der Waals surface area contributed by atoms with Crippen LogP contribution in [-0.4, -0.2) is 4.98 Å². The van der Waals surface area contributed by atoms with Crippen LogP contribution in [0.1, 0.15) is 23.7 Å². The number of nitriles is 1. The molecule has 19 heavy (non-hydrogen) atoms. The van der Waals surface area contributed by atoms with Gasteiger partial charge >= 0.3 is 0 Å². The lowest BCUT2D eigenvalue weighted by Gasteiger charge is -2.11. The number of aromatic nitrogens is 1. The average Bonchev–Trinajstić information content (AvgIpc) is 2.37. The molecule has 0 aliphatic carbocycles. The van der Waals surface area contributed by atoms with E-state index in [1.54, 1.807) is 0 Å². The van der Waals surface area contributed by atoms with Crippen LogP contribution in [-0.2, 0) is 6.42 Å². The largest absolute Gasteiger partial charge is 0.325 e. The molecule has 4 heteroatoms. The van der Waals surface area contributed by atoms with Gasteiger partial charge in [-0.3, -0.25) is 4.79 Å². The summed E-state index contributed by atoms with van der Waals surface area (Å²) in [6.07, 6.45) is 0.847. The maximum atomic E-state index is 11.9. The van der Waals surface area contributed by atoms with Gasteiger partial charge in [0.2, 0.25) is 0 Å². The van der Waals surface area contributed by atoms with Gasteiger partial charge in [0.25, 0.3) is 5.56 Å². The van der Waals surface area contributed by atoms with E-state index in [1.165, 1.54) is 0 Å². The Morgan fingerprint density at radius 1 is 1.32 bits per heavy atom. The first-order chi connectivity index (χ1) is 9.06. The standard InChI is InChI=1S/C15H13BrN2O/c1-3-10-4-5-11(16)7-12(10)13-6-9(2)18-15(19)14(13)8-17/h4-7H,3H2,1-2H3,(H,18,19). The Morgan fingerprint density at radius 2 is 2.05 bits per heavy atom. The lowest BCUT2D eigenvalue weighted by atomic mass is 9.95. The smallest absolute Gasteiger partial charge is 0.266 e. The van der Waals surface area contributed by atoms with Gasteiger partial charge in [-0.2, -0.15) is 5.26 Å². The molecule has 0 spiro atoms. The third-order valence-corrected chi connectivity index (χ3v) is 3.52. The fourth-order valence-electron chi connectivity index (χ4n) is 2.12. The Morgan fingerprint density at radius 3 is 2.68 bits per heavy atom. The molecule has 0 atom stereocenters. The first-order valence-electron chi connectivity index (χ1n) is 5.99. The molecule has 2 rings (SSSR count). The molecule has 2 aromatic rings. The topological polar surface area (TPSA) is 56.6 Å². The summed E-state index contributed by atoms with van der Waals surface area (Å²) in [6, 6.07) is 9.78. The molecule has 0 amide bonds. The van der Waals surface area contributed by atoms with Crippen molar-refractivity contribution in [1.82, 2.24) is 4.98 Å². The number of aryl methyl sites for hydroxylation is 2. The Kier molecular flexibility index (Phi) is 3.87. The van der Waals surface area contributed by atoms with Gasteiger partial charge in [-0.05, 0) is 42.7 Å². The highest BCUT2D eigenvalue weighted by atomic mass is 79.9. The highest BCUT2D eigenvalue weighted by molar-refractivity contribution is 9.10. The molecule has 96 valence electrons. The van der Waals surface area contributed by atoms with Crippen LogP contribution in [0.25, 0.3) is 11.1 Å². The van der Waals surface area contributed by atoms with E-state index in [9.17, 15) is 10.1 Å². The van der Waals surface area contributed by atoms with Crippen LogP contribution in [0, 0.1) is 18.3 Å². The summed E-state index contributed by atoms with van der Waals surface area (Å²) < 4.78 is 0.932. The zero-order valence-corrected chi connectivity index (χ0v) is 12.3. The number of aromatic amines is 1. The van der Waals surface area contributed by atoms with Crippen molar-refractivity contribution in [1.29, 1.82) is 5.26 Å². The van der Waals surface area contributed by atoms with E-state index in [-0.39, 0.29) is 11.1 Å². The summed E-state index contributed by atoms with van der Waals surface area (Å²) in [7, 11) is 0. The Labute approximate surface area is 120 Å². The van der Waals surface area contributed by atoms with E-state index < -0.39 is 0 Å². The van der Waals surface area contributed by atoms with Crippen molar-refractivity contribution in [2.75, 3.05) is 0 Å². The summed E-state index contributed by atoms with van der Waals surface area (Å²) >= 11 is 3.44. The molecule has 3 nitrogen and oxygen atoms in total. The van der Waals surface area contributed by atoms with E-state index in [4.69, 9.17) is 0 Å². The number of H-pyrrole nitrogens is 1. The van der Waals surface area contributed by atoms with Crippen LogP contribution in [0.15, 0.2) is 33.5 Å². The van der Waals surface area contributed by atoms with Crippen molar-refractivity contribution >= 4 is 15.9 Å². The average molecular weight is 317 g/mol. The molecule has 0 aliphatic heterocycles. The van der Waals surface area contributed by atoms with Crippen LogP contribution in [0.3, 0.4) is 0 Å². The fraction of sp³-hybridized carbons (Fsp3) is 0.200. The number of benzene rings is 1. The van der Waals surface area contributed by atoms with Crippen molar-refractivity contribution in [3.8, 4) is 17.2 Å². The molecule has 0 fully saturated rings. The van der Waals surface area contributed by atoms with Crippen LogP contribution >= 0.6 is 15.9 Å². The molecule has 0 saturated carbocycles. The fourth-order valence-corrected chi connectivity index (χ4v) is 2.48. The van der Waals surface area contributed by atoms with Gasteiger partial charge in [0.05, 0.1) is 0 Å². The molecule has 0 aliphatic rings.